The number of fused-ring (bicyclic) bond motifs is 1. The van der Waals surface area contributed by atoms with Crippen molar-refractivity contribution in [3.8, 4) is 0 Å². The van der Waals surface area contributed by atoms with Gasteiger partial charge in [0.05, 0.1) is 0 Å². The van der Waals surface area contributed by atoms with E-state index in [4.69, 9.17) is 4.42 Å². The Morgan fingerprint density at radius 1 is 0.920 bits per heavy atom. The molecule has 1 aliphatic rings. The van der Waals surface area contributed by atoms with Crippen LogP contribution in [0.3, 0.4) is 0 Å². The van der Waals surface area contributed by atoms with Gasteiger partial charge in [-0.2, -0.15) is 0 Å². The molecule has 1 aromatic carbocycles. The summed E-state index contributed by atoms with van der Waals surface area (Å²) >= 11 is 0. The van der Waals surface area contributed by atoms with Gasteiger partial charge in [0.1, 0.15) is 5.58 Å². The van der Waals surface area contributed by atoms with E-state index >= 15 is 0 Å². The molecule has 2 nitrogen and oxygen atoms in total. The lowest BCUT2D eigenvalue weighted by Gasteiger charge is -2.29. The molecule has 0 N–H and O–H groups in total. The van der Waals surface area contributed by atoms with Crippen LogP contribution in [-0.4, -0.2) is 0 Å². The lowest BCUT2D eigenvalue weighted by molar-refractivity contribution is 0.302. The van der Waals surface area contributed by atoms with Crippen molar-refractivity contribution >= 4 is 11.0 Å². The smallest absolute Gasteiger partial charge is 0.336 e. The fourth-order valence-corrected chi connectivity index (χ4v) is 4.34. The average Bonchev–Trinajstić information content (AvgIpc) is 2.64. The first kappa shape index (κ1) is 18.2. The molecule has 0 bridgehead atoms. The molecule has 0 saturated heterocycles. The Hall–Kier alpha value is -1.57. The van der Waals surface area contributed by atoms with Gasteiger partial charge in [-0.05, 0) is 61.3 Å². The second-order valence-electron chi connectivity index (χ2n) is 7.83. The molecule has 0 atom stereocenters. The van der Waals surface area contributed by atoms with Crippen LogP contribution in [0.1, 0.15) is 89.0 Å². The Morgan fingerprint density at radius 3 is 2.48 bits per heavy atom. The molecule has 1 fully saturated rings. The second kappa shape index (κ2) is 9.22. The summed E-state index contributed by atoms with van der Waals surface area (Å²) in [5.41, 5.74) is 1.85. The van der Waals surface area contributed by atoms with Gasteiger partial charge in [0.25, 0.3) is 0 Å². The van der Waals surface area contributed by atoms with Crippen LogP contribution in [0, 0.1) is 5.92 Å². The molecule has 0 radical (unpaired) electrons. The summed E-state index contributed by atoms with van der Waals surface area (Å²) < 4.78 is 5.24. The van der Waals surface area contributed by atoms with Gasteiger partial charge >= 0.3 is 5.63 Å². The fraction of sp³-hybridized carbons (Fsp3) is 0.609. The lowest BCUT2D eigenvalue weighted by atomic mass is 9.77. The predicted octanol–water partition coefficient (Wildman–Crippen LogP) is 6.82. The van der Waals surface area contributed by atoms with Crippen LogP contribution in [0.2, 0.25) is 0 Å². The Labute approximate surface area is 151 Å². The van der Waals surface area contributed by atoms with Crippen LogP contribution in [0.25, 0.3) is 11.0 Å². The Bertz CT molecular complexity index is 707. The van der Waals surface area contributed by atoms with Gasteiger partial charge in [0, 0.05) is 11.5 Å². The fourth-order valence-electron chi connectivity index (χ4n) is 4.34. The van der Waals surface area contributed by atoms with Gasteiger partial charge in [-0.1, -0.05) is 57.9 Å². The molecule has 0 amide bonds. The Morgan fingerprint density at radius 2 is 1.68 bits per heavy atom. The topological polar surface area (TPSA) is 30.2 Å². The second-order valence-corrected chi connectivity index (χ2v) is 7.83. The van der Waals surface area contributed by atoms with E-state index in [1.807, 2.05) is 12.1 Å². The highest BCUT2D eigenvalue weighted by Gasteiger charge is 2.22. The zero-order chi connectivity index (χ0) is 17.5. The van der Waals surface area contributed by atoms with Crippen LogP contribution in [-0.2, 0) is 0 Å². The van der Waals surface area contributed by atoms with Crippen LogP contribution < -0.4 is 5.63 Å². The molecule has 1 saturated carbocycles. The highest BCUT2D eigenvalue weighted by Crippen LogP contribution is 2.38. The van der Waals surface area contributed by atoms with Crippen LogP contribution in [0.15, 0.2) is 39.5 Å². The molecule has 1 aliphatic carbocycles. The maximum atomic E-state index is 11.3. The Kier molecular flexibility index (Phi) is 6.72. The van der Waals surface area contributed by atoms with Crippen molar-refractivity contribution in [1.29, 1.82) is 0 Å². The van der Waals surface area contributed by atoms with Crippen molar-refractivity contribution < 1.29 is 4.42 Å². The number of hydrogen-bond acceptors (Lipinski definition) is 2. The van der Waals surface area contributed by atoms with E-state index in [9.17, 15) is 4.79 Å². The van der Waals surface area contributed by atoms with E-state index in [-0.39, 0.29) is 5.63 Å². The lowest BCUT2D eigenvalue weighted by Crippen LogP contribution is -2.13. The van der Waals surface area contributed by atoms with E-state index in [1.54, 1.807) is 0 Å². The molecule has 3 rings (SSSR count). The van der Waals surface area contributed by atoms with Gasteiger partial charge in [-0.3, -0.25) is 0 Å². The van der Waals surface area contributed by atoms with Crippen LogP contribution in [0.4, 0.5) is 0 Å². The van der Waals surface area contributed by atoms with Gasteiger partial charge in [0.15, 0.2) is 0 Å². The first-order valence-electron chi connectivity index (χ1n) is 10.3. The molecule has 0 spiro atoms. The van der Waals surface area contributed by atoms with Crippen LogP contribution in [0.5, 0.6) is 0 Å². The minimum atomic E-state index is -0.268. The van der Waals surface area contributed by atoms with Crippen LogP contribution >= 0.6 is 0 Å². The number of rotatable bonds is 8. The maximum absolute atomic E-state index is 11.3. The van der Waals surface area contributed by atoms with Crippen molar-refractivity contribution in [3.63, 3.8) is 0 Å². The first-order chi connectivity index (χ1) is 12.3. The van der Waals surface area contributed by atoms with E-state index in [0.29, 0.717) is 11.5 Å². The van der Waals surface area contributed by atoms with Gasteiger partial charge in [-0.15, -0.1) is 0 Å². The summed E-state index contributed by atoms with van der Waals surface area (Å²) in [6, 6.07) is 9.74. The number of hydrogen-bond donors (Lipinski definition) is 0. The zero-order valence-electron chi connectivity index (χ0n) is 15.6. The molecule has 1 aromatic heterocycles. The summed E-state index contributed by atoms with van der Waals surface area (Å²) in [4.78, 5) is 11.3. The minimum Gasteiger partial charge on any atom is -0.423 e. The van der Waals surface area contributed by atoms with Crippen molar-refractivity contribution in [2.24, 2.45) is 5.92 Å². The van der Waals surface area contributed by atoms with Crippen molar-refractivity contribution in [1.82, 2.24) is 0 Å². The highest BCUT2D eigenvalue weighted by molar-refractivity contribution is 5.77. The summed E-state index contributed by atoms with van der Waals surface area (Å²) in [6.07, 6.45) is 15.2. The molecule has 136 valence electrons. The molecule has 0 unspecified atom stereocenters. The summed E-state index contributed by atoms with van der Waals surface area (Å²) in [5, 5.41) is 1.05. The molecule has 2 heteroatoms. The number of unbranched alkanes of at least 4 members (excludes halogenated alkanes) is 5. The summed E-state index contributed by atoms with van der Waals surface area (Å²) in [6.45, 7) is 2.28. The highest BCUT2D eigenvalue weighted by atomic mass is 16.4. The molecule has 25 heavy (non-hydrogen) atoms. The SMILES string of the molecule is CCCCCCCCC1CCC(c2ccc3oc(=O)ccc3c2)CC1. The average molecular weight is 341 g/mol. The van der Waals surface area contributed by atoms with E-state index in [2.05, 4.69) is 19.1 Å². The summed E-state index contributed by atoms with van der Waals surface area (Å²) in [5.74, 6) is 1.62. The van der Waals surface area contributed by atoms with Crippen molar-refractivity contribution in [2.45, 2.75) is 83.5 Å². The van der Waals surface area contributed by atoms with E-state index < -0.39 is 0 Å². The minimum absolute atomic E-state index is 0.268. The first-order valence-corrected chi connectivity index (χ1v) is 10.3. The van der Waals surface area contributed by atoms with Crippen molar-refractivity contribution in [3.05, 3.63) is 46.3 Å². The monoisotopic (exact) mass is 340 g/mol. The van der Waals surface area contributed by atoms with Gasteiger partial charge in [0.2, 0.25) is 0 Å². The molecule has 2 aromatic rings. The molecular formula is C23H32O2. The largest absolute Gasteiger partial charge is 0.423 e. The third-order valence-corrected chi connectivity index (χ3v) is 5.93. The Balaban J connectivity index is 1.46. The van der Waals surface area contributed by atoms with Crippen molar-refractivity contribution in [2.75, 3.05) is 0 Å². The third kappa shape index (κ3) is 5.20. The van der Waals surface area contributed by atoms with E-state index in [0.717, 1.165) is 11.3 Å². The predicted molar refractivity (Wildman–Crippen MR) is 105 cm³/mol. The molecule has 0 aliphatic heterocycles. The summed E-state index contributed by atoms with van der Waals surface area (Å²) in [7, 11) is 0. The number of benzene rings is 1. The van der Waals surface area contributed by atoms with Gasteiger partial charge < -0.3 is 4.42 Å². The molecular weight excluding hydrogens is 308 g/mol. The standard InChI is InChI=1S/C23H32O2/c1-2-3-4-5-6-7-8-18-9-11-19(12-10-18)20-13-15-22-21(17-20)14-16-23(24)25-22/h13-19H,2-12H2,1H3. The normalized spacial score (nSPS) is 20.8. The third-order valence-electron chi connectivity index (χ3n) is 5.93. The quantitative estimate of drug-likeness (QED) is 0.390. The van der Waals surface area contributed by atoms with Gasteiger partial charge in [-0.25, -0.2) is 4.79 Å². The van der Waals surface area contributed by atoms with E-state index in [1.165, 1.54) is 82.3 Å². The maximum Gasteiger partial charge on any atom is 0.336 e. The zero-order valence-corrected chi connectivity index (χ0v) is 15.6. The molecule has 1 heterocycles.